The number of hydrogen-bond donors (Lipinski definition) is 1. The minimum atomic E-state index is -2.66. The number of aryl methyl sites for hydroxylation is 1. The number of thioether (sulfide) groups is 1. The van der Waals surface area contributed by atoms with Gasteiger partial charge in [0.15, 0.2) is 5.16 Å². The number of methoxy groups -OCH3 is 1. The van der Waals surface area contributed by atoms with Crippen molar-refractivity contribution in [3.05, 3.63) is 80.9 Å². The van der Waals surface area contributed by atoms with Crippen LogP contribution in [0.2, 0.25) is 5.02 Å². The molecular weight excluding hydrogens is 514 g/mol. The predicted octanol–water partition coefficient (Wildman–Crippen LogP) is 6.66. The van der Waals surface area contributed by atoms with Gasteiger partial charge in [0, 0.05) is 27.1 Å². The molecule has 6 nitrogen and oxygen atoms in total. The molecule has 0 radical (unpaired) electrons. The number of fused-ring (bicyclic) bond motifs is 1. The van der Waals surface area contributed by atoms with Gasteiger partial charge in [0.05, 0.1) is 18.3 Å². The molecule has 0 bridgehead atoms. The number of thiophene rings is 1. The Balaban J connectivity index is 1.46. The minimum Gasteiger partial charge on any atom is -0.496 e. The predicted molar refractivity (Wildman–Crippen MR) is 136 cm³/mol. The highest BCUT2D eigenvalue weighted by Gasteiger charge is 2.16. The number of nitrogens with one attached hydrogen (secondary N) is 1. The Hall–Kier alpha value is -3.08. The normalized spacial score (nSPS) is 11.5. The van der Waals surface area contributed by atoms with E-state index in [-0.39, 0.29) is 10.9 Å². The molecule has 4 aromatic rings. The van der Waals surface area contributed by atoms with Crippen molar-refractivity contribution in [3.63, 3.8) is 0 Å². The summed E-state index contributed by atoms with van der Waals surface area (Å²) in [5, 5.41) is 5.53. The van der Waals surface area contributed by atoms with Crippen LogP contribution in [0.15, 0.2) is 58.8 Å². The van der Waals surface area contributed by atoms with Crippen molar-refractivity contribution >= 4 is 56.9 Å². The van der Waals surface area contributed by atoms with Crippen LogP contribution < -0.4 is 10.2 Å². The molecule has 1 N–H and O–H groups in total. The Morgan fingerprint density at radius 2 is 2.06 bits per heavy atom. The van der Waals surface area contributed by atoms with Gasteiger partial charge in [-0.1, -0.05) is 41.6 Å². The van der Waals surface area contributed by atoms with Gasteiger partial charge in [0.25, 0.3) is 12.3 Å². The van der Waals surface area contributed by atoms with Gasteiger partial charge in [0.2, 0.25) is 0 Å². The summed E-state index contributed by atoms with van der Waals surface area (Å²) in [6, 6.07) is 14.2. The van der Waals surface area contributed by atoms with Gasteiger partial charge in [-0.05, 0) is 42.8 Å². The molecule has 2 aromatic carbocycles. The van der Waals surface area contributed by atoms with Gasteiger partial charge in [0.1, 0.15) is 16.3 Å². The van der Waals surface area contributed by atoms with Crippen LogP contribution in [0.1, 0.15) is 38.6 Å². The summed E-state index contributed by atoms with van der Waals surface area (Å²) in [5.74, 6) is 0.612. The van der Waals surface area contributed by atoms with E-state index in [4.69, 9.17) is 16.3 Å². The van der Waals surface area contributed by atoms with Crippen molar-refractivity contribution in [2.24, 2.45) is 5.10 Å². The van der Waals surface area contributed by atoms with Gasteiger partial charge in [-0.25, -0.2) is 24.2 Å². The molecule has 0 aliphatic rings. The molecule has 0 saturated carbocycles. The average molecular weight is 533 g/mol. The molecule has 0 spiro atoms. The number of carbonyl (C=O) groups is 1. The number of hydrazone groups is 1. The first-order valence-corrected chi connectivity index (χ1v) is 12.5. The lowest BCUT2D eigenvalue weighted by molar-refractivity contribution is 0.0959. The first-order valence-electron chi connectivity index (χ1n) is 10.3. The second-order valence-corrected chi connectivity index (χ2v) is 9.69. The van der Waals surface area contributed by atoms with Crippen LogP contribution in [-0.4, -0.2) is 29.2 Å². The quantitative estimate of drug-likeness (QED) is 0.119. The summed E-state index contributed by atoms with van der Waals surface area (Å²) in [5.41, 5.74) is 4.18. The summed E-state index contributed by atoms with van der Waals surface area (Å²) in [6.45, 7) is 1.65. The van der Waals surface area contributed by atoms with E-state index in [2.05, 4.69) is 20.5 Å². The number of hydrogen-bond acceptors (Lipinski definition) is 7. The Labute approximate surface area is 213 Å². The number of alkyl halides is 2. The van der Waals surface area contributed by atoms with E-state index in [9.17, 15) is 13.6 Å². The molecule has 0 unspecified atom stereocenters. The molecular formula is C24H19ClF2N4O2S2. The largest absolute Gasteiger partial charge is 0.496 e. The van der Waals surface area contributed by atoms with Crippen molar-refractivity contribution in [2.75, 3.05) is 7.11 Å². The molecule has 1 amide bonds. The fourth-order valence-corrected chi connectivity index (χ4v) is 5.55. The van der Waals surface area contributed by atoms with E-state index in [1.54, 1.807) is 26.2 Å². The van der Waals surface area contributed by atoms with E-state index in [1.807, 2.05) is 30.3 Å². The number of benzene rings is 2. The third-order valence-corrected chi connectivity index (χ3v) is 7.43. The summed E-state index contributed by atoms with van der Waals surface area (Å²) >= 11 is 8.88. The zero-order chi connectivity index (χ0) is 24.9. The van der Waals surface area contributed by atoms with Crippen LogP contribution in [0.3, 0.4) is 0 Å². The third-order valence-electron chi connectivity index (χ3n) is 4.86. The van der Waals surface area contributed by atoms with Gasteiger partial charge in [-0.2, -0.15) is 5.10 Å². The van der Waals surface area contributed by atoms with E-state index in [0.717, 1.165) is 15.6 Å². The number of carbonyl (C=O) groups excluding carboxylic acids is 1. The van der Waals surface area contributed by atoms with Crippen LogP contribution >= 0.6 is 34.7 Å². The van der Waals surface area contributed by atoms with Crippen molar-refractivity contribution in [1.82, 2.24) is 15.4 Å². The highest BCUT2D eigenvalue weighted by atomic mass is 35.5. The number of nitrogens with zero attached hydrogens (tertiary/aromatic N) is 3. The summed E-state index contributed by atoms with van der Waals surface area (Å²) in [4.78, 5) is 21.1. The molecule has 0 fully saturated rings. The maximum Gasteiger partial charge on any atom is 0.283 e. The monoisotopic (exact) mass is 532 g/mol. The first kappa shape index (κ1) is 25.0. The average Bonchev–Trinajstić information content (AvgIpc) is 3.19. The van der Waals surface area contributed by atoms with E-state index in [1.165, 1.54) is 35.4 Å². The molecule has 0 saturated heterocycles. The second kappa shape index (κ2) is 11.1. The molecule has 35 heavy (non-hydrogen) atoms. The molecule has 0 atom stereocenters. The zero-order valence-corrected chi connectivity index (χ0v) is 21.0. The number of aromatic nitrogens is 2. The van der Waals surface area contributed by atoms with Crippen molar-refractivity contribution in [1.29, 1.82) is 0 Å². The standard InChI is InChI=1S/C24H19ClF2N4O2S2/c1-13-9-17(22(26)27)30-24(29-13)34-12-15-10-14(7-8-18(15)33-2)11-28-31-23(32)21-20(25)16-5-3-4-6-19(16)35-21/h3-11,22H,12H2,1-2H3,(H,31,32). The minimum absolute atomic E-state index is 0.258. The Morgan fingerprint density at radius 1 is 1.26 bits per heavy atom. The van der Waals surface area contributed by atoms with Crippen LogP contribution in [-0.2, 0) is 5.75 Å². The lowest BCUT2D eigenvalue weighted by Gasteiger charge is -2.10. The van der Waals surface area contributed by atoms with Crippen LogP contribution in [0.4, 0.5) is 8.78 Å². The van der Waals surface area contributed by atoms with Crippen molar-refractivity contribution in [2.45, 2.75) is 24.3 Å². The molecule has 4 rings (SSSR count). The number of ether oxygens (including phenoxy) is 1. The van der Waals surface area contributed by atoms with Gasteiger partial charge in [-0.3, -0.25) is 4.79 Å². The molecule has 2 aromatic heterocycles. The number of rotatable bonds is 8. The fourth-order valence-electron chi connectivity index (χ4n) is 3.25. The number of halogens is 3. The fraction of sp³-hybridized carbons (Fsp3) is 0.167. The van der Waals surface area contributed by atoms with Gasteiger partial charge in [-0.15, -0.1) is 11.3 Å². The summed E-state index contributed by atoms with van der Waals surface area (Å²) in [6.07, 6.45) is -1.16. The SMILES string of the molecule is COc1ccc(C=NNC(=O)c2sc3ccccc3c2Cl)cc1CSc1nc(C)cc(C(F)F)n1. The molecule has 0 aliphatic carbocycles. The summed E-state index contributed by atoms with van der Waals surface area (Å²) < 4.78 is 32.4. The highest BCUT2D eigenvalue weighted by molar-refractivity contribution is 7.98. The zero-order valence-electron chi connectivity index (χ0n) is 18.6. The lowest BCUT2D eigenvalue weighted by Crippen LogP contribution is -2.16. The van der Waals surface area contributed by atoms with Crippen molar-refractivity contribution < 1.29 is 18.3 Å². The Kier molecular flexibility index (Phi) is 7.94. The van der Waals surface area contributed by atoms with Gasteiger partial charge < -0.3 is 4.74 Å². The van der Waals surface area contributed by atoms with E-state index in [0.29, 0.717) is 32.7 Å². The van der Waals surface area contributed by atoms with Crippen molar-refractivity contribution in [3.8, 4) is 5.75 Å². The first-order chi connectivity index (χ1) is 16.9. The molecule has 180 valence electrons. The summed E-state index contributed by atoms with van der Waals surface area (Å²) in [7, 11) is 1.55. The maximum atomic E-state index is 13.1. The highest BCUT2D eigenvalue weighted by Crippen LogP contribution is 2.35. The smallest absolute Gasteiger partial charge is 0.283 e. The van der Waals surface area contributed by atoms with E-state index >= 15 is 0 Å². The van der Waals surface area contributed by atoms with Crippen LogP contribution in [0.5, 0.6) is 5.75 Å². The maximum absolute atomic E-state index is 13.1. The number of amides is 1. The lowest BCUT2D eigenvalue weighted by atomic mass is 10.1. The van der Waals surface area contributed by atoms with E-state index < -0.39 is 12.3 Å². The second-order valence-electron chi connectivity index (χ2n) is 7.32. The van der Waals surface area contributed by atoms with Gasteiger partial charge >= 0.3 is 0 Å². The molecule has 2 heterocycles. The Morgan fingerprint density at radius 3 is 2.80 bits per heavy atom. The third kappa shape index (κ3) is 5.95. The molecule has 11 heteroatoms. The molecule has 0 aliphatic heterocycles. The van der Waals surface area contributed by atoms with Crippen LogP contribution in [0, 0.1) is 6.92 Å². The van der Waals surface area contributed by atoms with Crippen LogP contribution in [0.25, 0.3) is 10.1 Å². The topological polar surface area (TPSA) is 76.5 Å². The Bertz CT molecular complexity index is 1410.